The molecular formula is C54H37NO2. The monoisotopic (exact) mass is 731 g/mol. The first-order valence-corrected chi connectivity index (χ1v) is 19.6. The smallest absolute Gasteiger partial charge is 0.143 e. The number of hydrogen-bond acceptors (Lipinski definition) is 3. The number of para-hydroxylation sites is 2. The summed E-state index contributed by atoms with van der Waals surface area (Å²) in [7, 11) is 0. The van der Waals surface area contributed by atoms with Crippen LogP contribution in [0.15, 0.2) is 215 Å². The summed E-state index contributed by atoms with van der Waals surface area (Å²) in [4.78, 5) is 2.38. The van der Waals surface area contributed by atoms with Crippen LogP contribution >= 0.6 is 0 Å². The van der Waals surface area contributed by atoms with Gasteiger partial charge in [0.05, 0.1) is 0 Å². The zero-order chi connectivity index (χ0) is 37.7. The minimum absolute atomic E-state index is 0.855. The molecule has 0 bridgehead atoms. The van der Waals surface area contributed by atoms with Crippen molar-refractivity contribution in [2.45, 2.75) is 12.8 Å². The second-order valence-corrected chi connectivity index (χ2v) is 14.7. The molecule has 0 amide bonds. The number of fused-ring (bicyclic) bond motifs is 6. The summed E-state index contributed by atoms with van der Waals surface area (Å²) >= 11 is 0. The Morgan fingerprint density at radius 1 is 0.368 bits per heavy atom. The lowest BCUT2D eigenvalue weighted by atomic mass is 9.92. The fraction of sp³-hybridized carbons (Fsp3) is 0.0370. The molecule has 10 aromatic rings. The first kappa shape index (κ1) is 33.0. The number of anilines is 2. The van der Waals surface area contributed by atoms with Gasteiger partial charge in [0.15, 0.2) is 0 Å². The maximum absolute atomic E-state index is 7.26. The van der Waals surface area contributed by atoms with Crippen molar-refractivity contribution in [2.75, 3.05) is 4.90 Å². The third kappa shape index (κ3) is 5.75. The molecule has 8 aromatic carbocycles. The quantitative estimate of drug-likeness (QED) is 0.163. The van der Waals surface area contributed by atoms with Crippen LogP contribution < -0.4 is 4.90 Å². The molecule has 57 heavy (non-hydrogen) atoms. The fourth-order valence-electron chi connectivity index (χ4n) is 8.54. The van der Waals surface area contributed by atoms with Crippen LogP contribution in [-0.4, -0.2) is 0 Å². The van der Waals surface area contributed by atoms with Crippen molar-refractivity contribution in [1.82, 2.24) is 0 Å². The Hall–Kier alpha value is -7.36. The molecule has 1 aliphatic rings. The molecule has 0 aliphatic heterocycles. The summed E-state index contributed by atoms with van der Waals surface area (Å²) in [6.45, 7) is 0. The fourth-order valence-corrected chi connectivity index (χ4v) is 8.54. The lowest BCUT2D eigenvalue weighted by molar-refractivity contribution is 0.669. The molecule has 2 aromatic heterocycles. The summed E-state index contributed by atoms with van der Waals surface area (Å²) < 4.78 is 13.9. The summed E-state index contributed by atoms with van der Waals surface area (Å²) in [6, 6.07) is 64.7. The van der Waals surface area contributed by atoms with Crippen LogP contribution in [0.1, 0.15) is 12.8 Å². The normalized spacial score (nSPS) is 12.8. The molecular weight excluding hydrogens is 695 g/mol. The van der Waals surface area contributed by atoms with Gasteiger partial charge in [-0.2, -0.15) is 0 Å². The van der Waals surface area contributed by atoms with Crippen LogP contribution in [0.2, 0.25) is 0 Å². The summed E-state index contributed by atoms with van der Waals surface area (Å²) in [5, 5.41) is 4.31. The topological polar surface area (TPSA) is 29.5 Å². The van der Waals surface area contributed by atoms with Gasteiger partial charge < -0.3 is 13.7 Å². The third-order valence-corrected chi connectivity index (χ3v) is 11.2. The van der Waals surface area contributed by atoms with E-state index in [-0.39, 0.29) is 0 Å². The minimum atomic E-state index is 0.855. The molecule has 1 aliphatic carbocycles. The Morgan fingerprint density at radius 3 is 1.58 bits per heavy atom. The van der Waals surface area contributed by atoms with E-state index in [1.807, 2.05) is 6.07 Å². The maximum Gasteiger partial charge on any atom is 0.143 e. The molecule has 270 valence electrons. The molecule has 0 fully saturated rings. The first-order chi connectivity index (χ1) is 28.3. The number of allylic oxidation sites excluding steroid dienone is 3. The summed E-state index contributed by atoms with van der Waals surface area (Å²) in [5.41, 5.74) is 15.5. The molecule has 0 N–H and O–H groups in total. The van der Waals surface area contributed by atoms with Crippen LogP contribution in [0.4, 0.5) is 11.4 Å². The number of rotatable bonds is 7. The number of nitrogens with zero attached hydrogens (tertiary/aromatic N) is 1. The Balaban J connectivity index is 1.25. The highest BCUT2D eigenvalue weighted by Crippen LogP contribution is 2.47. The van der Waals surface area contributed by atoms with Gasteiger partial charge in [-0.25, -0.2) is 0 Å². The lowest BCUT2D eigenvalue weighted by Gasteiger charge is -2.28. The Kier molecular flexibility index (Phi) is 7.96. The minimum Gasteiger partial charge on any atom is -0.455 e. The maximum atomic E-state index is 7.26. The van der Waals surface area contributed by atoms with Gasteiger partial charge in [0, 0.05) is 55.3 Å². The Bertz CT molecular complexity index is 3150. The molecule has 2 heterocycles. The van der Waals surface area contributed by atoms with Gasteiger partial charge in [-0.3, -0.25) is 0 Å². The van der Waals surface area contributed by atoms with Gasteiger partial charge in [-0.05, 0) is 101 Å². The molecule has 3 heteroatoms. The van der Waals surface area contributed by atoms with E-state index in [1.54, 1.807) is 0 Å². The van der Waals surface area contributed by atoms with Gasteiger partial charge in [0.1, 0.15) is 22.3 Å². The van der Waals surface area contributed by atoms with Gasteiger partial charge in [0.25, 0.3) is 0 Å². The van der Waals surface area contributed by atoms with Crippen molar-refractivity contribution in [2.24, 2.45) is 0 Å². The molecule has 0 unspecified atom stereocenters. The lowest BCUT2D eigenvalue weighted by Crippen LogP contribution is -2.16. The highest BCUT2D eigenvalue weighted by molar-refractivity contribution is 6.17. The molecule has 0 saturated carbocycles. The van der Waals surface area contributed by atoms with Crippen molar-refractivity contribution in [1.29, 1.82) is 0 Å². The first-order valence-electron chi connectivity index (χ1n) is 19.6. The van der Waals surface area contributed by atoms with E-state index in [1.165, 1.54) is 5.70 Å². The second-order valence-electron chi connectivity index (χ2n) is 14.7. The zero-order valence-electron chi connectivity index (χ0n) is 31.2. The van der Waals surface area contributed by atoms with E-state index < -0.39 is 0 Å². The van der Waals surface area contributed by atoms with Crippen molar-refractivity contribution in [3.63, 3.8) is 0 Å². The molecule has 0 radical (unpaired) electrons. The third-order valence-electron chi connectivity index (χ3n) is 11.2. The van der Waals surface area contributed by atoms with Gasteiger partial charge in [0.2, 0.25) is 0 Å². The van der Waals surface area contributed by atoms with Crippen LogP contribution in [0.3, 0.4) is 0 Å². The molecule has 0 atom stereocenters. The van der Waals surface area contributed by atoms with E-state index in [0.717, 1.165) is 113 Å². The standard InChI is InChI=1S/C54H37NO2/c1-6-18-36(19-7-1)39-30-46(40-32-45(37-20-8-2-9-21-37)52-48(33-40)44-28-16-17-29-51(44)56-52)53-49(31-39)50-35-43(34-47(54(50)57-53)38-22-10-3-11-23-38)55(41-24-12-4-13-25-41)42-26-14-5-15-27-42/h1-4,6-14,16-35H,5,15H2. The molecule has 11 rings (SSSR count). The highest BCUT2D eigenvalue weighted by atomic mass is 16.3. The van der Waals surface area contributed by atoms with E-state index >= 15 is 0 Å². The van der Waals surface area contributed by atoms with Gasteiger partial charge >= 0.3 is 0 Å². The van der Waals surface area contributed by atoms with Crippen molar-refractivity contribution >= 4 is 55.3 Å². The average Bonchev–Trinajstić information content (AvgIpc) is 3.86. The van der Waals surface area contributed by atoms with Crippen LogP contribution in [-0.2, 0) is 0 Å². The average molecular weight is 732 g/mol. The van der Waals surface area contributed by atoms with Crippen molar-refractivity contribution < 1.29 is 8.83 Å². The van der Waals surface area contributed by atoms with Gasteiger partial charge in [-0.1, -0.05) is 140 Å². The van der Waals surface area contributed by atoms with Crippen LogP contribution in [0.5, 0.6) is 0 Å². The summed E-state index contributed by atoms with van der Waals surface area (Å²) in [5.74, 6) is 0. The predicted molar refractivity (Wildman–Crippen MR) is 238 cm³/mol. The number of hydrogen-bond donors (Lipinski definition) is 0. The van der Waals surface area contributed by atoms with Crippen molar-refractivity contribution in [3.05, 3.63) is 206 Å². The SMILES string of the molecule is C1=CC(N(c2ccccc2)c2cc(-c3ccccc3)c3oc4c(-c5cc(-c6ccccc6)c6oc7ccccc7c6c5)cc(-c5ccccc5)cc4c3c2)=CCC1. The van der Waals surface area contributed by atoms with E-state index in [4.69, 9.17) is 8.83 Å². The van der Waals surface area contributed by atoms with E-state index in [2.05, 4.69) is 199 Å². The zero-order valence-corrected chi connectivity index (χ0v) is 31.2. The Morgan fingerprint density at radius 2 is 0.895 bits per heavy atom. The van der Waals surface area contributed by atoms with Crippen LogP contribution in [0.25, 0.3) is 88.4 Å². The summed E-state index contributed by atoms with van der Waals surface area (Å²) in [6.07, 6.45) is 8.92. The van der Waals surface area contributed by atoms with Crippen molar-refractivity contribution in [3.8, 4) is 44.5 Å². The van der Waals surface area contributed by atoms with Crippen LogP contribution in [0, 0.1) is 0 Å². The van der Waals surface area contributed by atoms with Gasteiger partial charge in [-0.15, -0.1) is 0 Å². The molecule has 0 saturated heterocycles. The number of benzene rings is 8. The molecule has 0 spiro atoms. The largest absolute Gasteiger partial charge is 0.455 e. The van der Waals surface area contributed by atoms with E-state index in [9.17, 15) is 0 Å². The van der Waals surface area contributed by atoms with E-state index in [0.29, 0.717) is 0 Å². The predicted octanol–water partition coefficient (Wildman–Crippen LogP) is 15.5. The Labute approximate surface area is 331 Å². The highest BCUT2D eigenvalue weighted by Gasteiger charge is 2.24. The second kappa shape index (κ2) is 13.7. The molecule has 3 nitrogen and oxygen atoms in total. The number of furan rings is 2.